The third-order valence-corrected chi connectivity index (χ3v) is 3.41. The number of nitrogen functional groups attached to an aromatic ring is 1. The van der Waals surface area contributed by atoms with Crippen molar-refractivity contribution < 1.29 is 9.53 Å². The molecule has 0 heterocycles. The molecule has 0 spiro atoms. The maximum absolute atomic E-state index is 11.4. The van der Waals surface area contributed by atoms with Gasteiger partial charge in [-0.1, -0.05) is 41.9 Å². The van der Waals surface area contributed by atoms with Crippen LogP contribution in [-0.4, -0.2) is 19.6 Å². The van der Waals surface area contributed by atoms with Gasteiger partial charge in [-0.25, -0.2) is 0 Å². The number of carbonyl (C=O) groups is 1. The van der Waals surface area contributed by atoms with Gasteiger partial charge in [-0.3, -0.25) is 10.1 Å². The van der Waals surface area contributed by atoms with Crippen molar-refractivity contribution in [3.8, 4) is 0 Å². The molecule has 0 aliphatic heterocycles. The molecule has 110 valence electrons. The minimum Gasteiger partial charge on any atom is -0.468 e. The molecule has 0 saturated carbocycles. The van der Waals surface area contributed by atoms with Crippen LogP contribution in [0.25, 0.3) is 0 Å². The first-order chi connectivity index (χ1) is 10.1. The Balaban J connectivity index is 2.35. The van der Waals surface area contributed by atoms with Crippen molar-refractivity contribution in [3.63, 3.8) is 0 Å². The molecule has 2 aromatic rings. The van der Waals surface area contributed by atoms with Crippen LogP contribution in [0.4, 0.5) is 5.69 Å². The Morgan fingerprint density at radius 2 is 2.00 bits per heavy atom. The molecule has 2 rings (SSSR count). The Hall–Kier alpha value is -2.04. The number of methoxy groups -OCH3 is 1. The molecule has 1 atom stereocenters. The van der Waals surface area contributed by atoms with Crippen LogP contribution in [0.15, 0.2) is 48.5 Å². The zero-order valence-electron chi connectivity index (χ0n) is 11.7. The number of anilines is 1. The van der Waals surface area contributed by atoms with Gasteiger partial charge in [0, 0.05) is 10.7 Å². The van der Waals surface area contributed by atoms with E-state index in [1.165, 1.54) is 7.11 Å². The highest BCUT2D eigenvalue weighted by Crippen LogP contribution is 2.29. The third kappa shape index (κ3) is 3.97. The lowest BCUT2D eigenvalue weighted by atomic mass is 9.97. The van der Waals surface area contributed by atoms with Crippen molar-refractivity contribution in [3.05, 3.63) is 64.7 Å². The van der Waals surface area contributed by atoms with Crippen LogP contribution in [0.5, 0.6) is 0 Å². The third-order valence-electron chi connectivity index (χ3n) is 3.17. The SMILES string of the molecule is COC(=O)CN[C@@H](c1ccccc1)c1cc(Cl)ccc1N. The van der Waals surface area contributed by atoms with Gasteiger partial charge < -0.3 is 10.5 Å². The van der Waals surface area contributed by atoms with Crippen LogP contribution in [0.2, 0.25) is 5.02 Å². The predicted octanol–water partition coefficient (Wildman–Crippen LogP) is 2.77. The lowest BCUT2D eigenvalue weighted by molar-refractivity contribution is -0.139. The van der Waals surface area contributed by atoms with Gasteiger partial charge in [-0.15, -0.1) is 0 Å². The second-order valence-electron chi connectivity index (χ2n) is 4.57. The average molecular weight is 305 g/mol. The Labute approximate surface area is 128 Å². The first kappa shape index (κ1) is 15.4. The molecule has 21 heavy (non-hydrogen) atoms. The van der Waals surface area contributed by atoms with E-state index >= 15 is 0 Å². The number of ether oxygens (including phenoxy) is 1. The Bertz CT molecular complexity index is 617. The molecule has 2 aromatic carbocycles. The summed E-state index contributed by atoms with van der Waals surface area (Å²) in [4.78, 5) is 11.4. The van der Waals surface area contributed by atoms with E-state index in [2.05, 4.69) is 10.1 Å². The molecular weight excluding hydrogens is 288 g/mol. The molecule has 5 heteroatoms. The van der Waals surface area contributed by atoms with E-state index in [-0.39, 0.29) is 18.6 Å². The van der Waals surface area contributed by atoms with Gasteiger partial charge in [-0.2, -0.15) is 0 Å². The molecule has 3 N–H and O–H groups in total. The summed E-state index contributed by atoms with van der Waals surface area (Å²) in [5.74, 6) is -0.337. The van der Waals surface area contributed by atoms with Crippen LogP contribution >= 0.6 is 11.6 Å². The minimum absolute atomic E-state index is 0.0853. The van der Waals surface area contributed by atoms with E-state index in [0.717, 1.165) is 11.1 Å². The molecule has 0 aromatic heterocycles. The molecule has 0 saturated heterocycles. The predicted molar refractivity (Wildman–Crippen MR) is 84.2 cm³/mol. The van der Waals surface area contributed by atoms with Crippen molar-refractivity contribution >= 4 is 23.3 Å². The van der Waals surface area contributed by atoms with Crippen LogP contribution in [0.3, 0.4) is 0 Å². The van der Waals surface area contributed by atoms with E-state index in [4.69, 9.17) is 17.3 Å². The monoisotopic (exact) mass is 304 g/mol. The zero-order valence-corrected chi connectivity index (χ0v) is 12.4. The van der Waals surface area contributed by atoms with Crippen LogP contribution in [0.1, 0.15) is 17.2 Å². The molecular formula is C16H17ClN2O2. The molecule has 0 radical (unpaired) electrons. The van der Waals surface area contributed by atoms with Crippen LogP contribution in [0, 0.1) is 0 Å². The fourth-order valence-corrected chi connectivity index (χ4v) is 2.29. The highest BCUT2D eigenvalue weighted by atomic mass is 35.5. The second kappa shape index (κ2) is 7.11. The number of nitrogens with one attached hydrogen (secondary N) is 1. The highest BCUT2D eigenvalue weighted by molar-refractivity contribution is 6.30. The molecule has 0 aliphatic rings. The normalized spacial score (nSPS) is 11.9. The summed E-state index contributed by atoms with van der Waals surface area (Å²) in [7, 11) is 1.36. The van der Waals surface area contributed by atoms with Crippen molar-refractivity contribution in [2.24, 2.45) is 0 Å². The first-order valence-electron chi connectivity index (χ1n) is 6.52. The lowest BCUT2D eigenvalue weighted by Gasteiger charge is -2.21. The van der Waals surface area contributed by atoms with Gasteiger partial charge in [0.2, 0.25) is 0 Å². The molecule has 0 unspecified atom stereocenters. The standard InChI is InChI=1S/C16H17ClN2O2/c1-21-15(20)10-19-16(11-5-3-2-4-6-11)13-9-12(17)7-8-14(13)18/h2-9,16,19H,10,18H2,1H3/t16-/m0/s1. The largest absolute Gasteiger partial charge is 0.468 e. The minimum atomic E-state index is -0.337. The number of nitrogens with two attached hydrogens (primary N) is 1. The quantitative estimate of drug-likeness (QED) is 0.658. The number of hydrogen-bond donors (Lipinski definition) is 2. The van der Waals surface area contributed by atoms with Gasteiger partial charge in [0.15, 0.2) is 0 Å². The molecule has 0 amide bonds. The number of benzene rings is 2. The maximum Gasteiger partial charge on any atom is 0.319 e. The summed E-state index contributed by atoms with van der Waals surface area (Å²) in [5.41, 5.74) is 8.49. The number of halogens is 1. The fraction of sp³-hybridized carbons (Fsp3) is 0.188. The van der Waals surface area contributed by atoms with E-state index in [9.17, 15) is 4.79 Å². The summed E-state index contributed by atoms with van der Waals surface area (Å²) < 4.78 is 4.67. The Kier molecular flexibility index (Phi) is 5.20. The summed E-state index contributed by atoms with van der Waals surface area (Å²) in [6, 6.07) is 14.8. The molecule has 0 bridgehead atoms. The summed E-state index contributed by atoms with van der Waals surface area (Å²) in [6.45, 7) is 0.0853. The molecule has 0 fully saturated rings. The lowest BCUT2D eigenvalue weighted by Crippen LogP contribution is -2.29. The highest BCUT2D eigenvalue weighted by Gasteiger charge is 2.18. The van der Waals surface area contributed by atoms with E-state index in [1.807, 2.05) is 30.3 Å². The van der Waals surface area contributed by atoms with Crippen molar-refractivity contribution in [1.29, 1.82) is 0 Å². The molecule has 4 nitrogen and oxygen atoms in total. The number of hydrogen-bond acceptors (Lipinski definition) is 4. The van der Waals surface area contributed by atoms with E-state index in [0.29, 0.717) is 10.7 Å². The van der Waals surface area contributed by atoms with Crippen LogP contribution < -0.4 is 11.1 Å². The number of rotatable bonds is 5. The Morgan fingerprint density at radius 1 is 1.29 bits per heavy atom. The van der Waals surface area contributed by atoms with Crippen molar-refractivity contribution in [2.45, 2.75) is 6.04 Å². The van der Waals surface area contributed by atoms with Crippen molar-refractivity contribution in [2.75, 3.05) is 19.4 Å². The molecule has 0 aliphatic carbocycles. The van der Waals surface area contributed by atoms with E-state index < -0.39 is 0 Å². The Morgan fingerprint density at radius 3 is 2.67 bits per heavy atom. The van der Waals surface area contributed by atoms with Gasteiger partial charge in [0.25, 0.3) is 0 Å². The number of carbonyl (C=O) groups excluding carboxylic acids is 1. The summed E-state index contributed by atoms with van der Waals surface area (Å²) >= 11 is 6.06. The van der Waals surface area contributed by atoms with E-state index in [1.54, 1.807) is 18.2 Å². The smallest absolute Gasteiger partial charge is 0.319 e. The van der Waals surface area contributed by atoms with Crippen LogP contribution in [-0.2, 0) is 9.53 Å². The summed E-state index contributed by atoms with van der Waals surface area (Å²) in [6.07, 6.45) is 0. The fourth-order valence-electron chi connectivity index (χ4n) is 2.11. The van der Waals surface area contributed by atoms with Crippen molar-refractivity contribution in [1.82, 2.24) is 5.32 Å². The first-order valence-corrected chi connectivity index (χ1v) is 6.89. The van der Waals surface area contributed by atoms with Gasteiger partial charge in [0.05, 0.1) is 19.7 Å². The second-order valence-corrected chi connectivity index (χ2v) is 5.01. The summed E-state index contributed by atoms with van der Waals surface area (Å²) in [5, 5.41) is 3.76. The van der Waals surface area contributed by atoms with Gasteiger partial charge in [0.1, 0.15) is 0 Å². The number of esters is 1. The maximum atomic E-state index is 11.4. The average Bonchev–Trinajstić information content (AvgIpc) is 2.51. The topological polar surface area (TPSA) is 64.3 Å². The van der Waals surface area contributed by atoms with Gasteiger partial charge in [-0.05, 0) is 29.3 Å². The zero-order chi connectivity index (χ0) is 15.2. The van der Waals surface area contributed by atoms with Gasteiger partial charge >= 0.3 is 5.97 Å².